The number of nitrogens with one attached hydrogen (secondary N) is 1. The molecule has 1 aromatic carbocycles. The minimum absolute atomic E-state index is 0.0176. The van der Waals surface area contributed by atoms with Crippen molar-refractivity contribution < 1.29 is 14.4 Å². The molecule has 0 unspecified atom stereocenters. The standard InChI is InChI=1S/C26H28N4O3/c1-3-11-28-25(33)26(10-13-30(18-26)24(32)21-14-23(31)29(2)17-21)15-19-7-4-5-9-22(19)20-8-6-12-27-16-20/h1,4-9,12,16,21H,10-11,13-15,17-18H2,2H3,(H,28,33)/t21-,26+/m0/s1. The Hall–Kier alpha value is -3.66. The van der Waals surface area contributed by atoms with Crippen molar-refractivity contribution in [2.75, 3.05) is 33.2 Å². The molecule has 2 aliphatic heterocycles. The van der Waals surface area contributed by atoms with Gasteiger partial charge in [0.15, 0.2) is 0 Å². The van der Waals surface area contributed by atoms with Gasteiger partial charge in [0, 0.05) is 51.1 Å². The topological polar surface area (TPSA) is 82.6 Å². The lowest BCUT2D eigenvalue weighted by Crippen LogP contribution is -2.46. The summed E-state index contributed by atoms with van der Waals surface area (Å²) < 4.78 is 0. The molecule has 33 heavy (non-hydrogen) atoms. The van der Waals surface area contributed by atoms with Gasteiger partial charge >= 0.3 is 0 Å². The van der Waals surface area contributed by atoms with Crippen molar-refractivity contribution >= 4 is 17.7 Å². The number of rotatable bonds is 6. The van der Waals surface area contributed by atoms with Crippen LogP contribution in [0.5, 0.6) is 0 Å². The highest BCUT2D eigenvalue weighted by molar-refractivity contribution is 5.91. The van der Waals surface area contributed by atoms with E-state index in [0.717, 1.165) is 16.7 Å². The molecule has 4 rings (SSSR count). The predicted molar refractivity (Wildman–Crippen MR) is 125 cm³/mol. The number of amides is 3. The lowest BCUT2D eigenvalue weighted by molar-refractivity contribution is -0.136. The lowest BCUT2D eigenvalue weighted by Gasteiger charge is -2.29. The predicted octanol–water partition coefficient (Wildman–Crippen LogP) is 1.74. The first-order valence-electron chi connectivity index (χ1n) is 11.2. The van der Waals surface area contributed by atoms with Gasteiger partial charge in [-0.25, -0.2) is 0 Å². The number of likely N-dealkylation sites (tertiary alicyclic amines) is 2. The van der Waals surface area contributed by atoms with Gasteiger partial charge in [-0.05, 0) is 30.0 Å². The highest BCUT2D eigenvalue weighted by Crippen LogP contribution is 2.38. The van der Waals surface area contributed by atoms with E-state index >= 15 is 0 Å². The summed E-state index contributed by atoms with van der Waals surface area (Å²) in [5, 5.41) is 2.85. The Kier molecular flexibility index (Phi) is 6.45. The smallest absolute Gasteiger partial charge is 0.229 e. The fraction of sp³-hybridized carbons (Fsp3) is 0.385. The van der Waals surface area contributed by atoms with Gasteiger partial charge in [-0.1, -0.05) is 36.3 Å². The Balaban J connectivity index is 1.61. The van der Waals surface area contributed by atoms with Crippen molar-refractivity contribution in [1.82, 2.24) is 20.1 Å². The summed E-state index contributed by atoms with van der Waals surface area (Å²) in [7, 11) is 1.71. The number of aromatic nitrogens is 1. The van der Waals surface area contributed by atoms with E-state index in [2.05, 4.69) is 16.2 Å². The largest absolute Gasteiger partial charge is 0.345 e. The second-order valence-corrected chi connectivity index (χ2v) is 8.93. The number of hydrogen-bond acceptors (Lipinski definition) is 4. The van der Waals surface area contributed by atoms with Crippen molar-refractivity contribution in [3.8, 4) is 23.5 Å². The molecule has 7 nitrogen and oxygen atoms in total. The van der Waals surface area contributed by atoms with Crippen LogP contribution in [0, 0.1) is 23.7 Å². The first kappa shape index (κ1) is 22.5. The Labute approximate surface area is 194 Å². The molecule has 2 aliphatic rings. The van der Waals surface area contributed by atoms with E-state index in [0.29, 0.717) is 32.5 Å². The van der Waals surface area contributed by atoms with E-state index in [9.17, 15) is 14.4 Å². The Morgan fingerprint density at radius 1 is 1.27 bits per heavy atom. The summed E-state index contributed by atoms with van der Waals surface area (Å²) in [6, 6.07) is 11.9. The number of pyridine rings is 1. The van der Waals surface area contributed by atoms with Crippen LogP contribution in [0.4, 0.5) is 0 Å². The Morgan fingerprint density at radius 2 is 2.09 bits per heavy atom. The second-order valence-electron chi connectivity index (χ2n) is 8.93. The van der Waals surface area contributed by atoms with Crippen LogP contribution in [-0.2, 0) is 20.8 Å². The van der Waals surface area contributed by atoms with Gasteiger partial charge in [0.2, 0.25) is 17.7 Å². The Bertz CT molecular complexity index is 1090. The van der Waals surface area contributed by atoms with E-state index in [-0.39, 0.29) is 36.6 Å². The number of carbonyl (C=O) groups is 3. The monoisotopic (exact) mass is 444 g/mol. The lowest BCUT2D eigenvalue weighted by atomic mass is 9.78. The van der Waals surface area contributed by atoms with E-state index < -0.39 is 5.41 Å². The molecule has 1 N–H and O–H groups in total. The molecule has 0 radical (unpaired) electrons. The third-order valence-electron chi connectivity index (χ3n) is 6.71. The normalized spacial score (nSPS) is 22.3. The molecule has 0 saturated carbocycles. The summed E-state index contributed by atoms with van der Waals surface area (Å²) in [4.78, 5) is 46.0. The van der Waals surface area contributed by atoms with E-state index in [1.807, 2.05) is 42.6 Å². The van der Waals surface area contributed by atoms with Crippen molar-refractivity contribution in [2.45, 2.75) is 19.3 Å². The molecular formula is C26H28N4O3. The maximum absolute atomic E-state index is 13.4. The summed E-state index contributed by atoms with van der Waals surface area (Å²) in [5.41, 5.74) is 2.22. The van der Waals surface area contributed by atoms with Crippen molar-refractivity contribution in [2.24, 2.45) is 11.3 Å². The number of benzene rings is 1. The van der Waals surface area contributed by atoms with Crippen LogP contribution in [-0.4, -0.2) is 65.7 Å². The first-order chi connectivity index (χ1) is 15.9. The summed E-state index contributed by atoms with van der Waals surface area (Å²) in [6.45, 7) is 1.35. The average Bonchev–Trinajstić information content (AvgIpc) is 3.42. The van der Waals surface area contributed by atoms with Gasteiger partial charge in [-0.2, -0.15) is 0 Å². The van der Waals surface area contributed by atoms with Gasteiger partial charge in [-0.3, -0.25) is 19.4 Å². The molecule has 0 spiro atoms. The van der Waals surface area contributed by atoms with E-state index in [1.54, 1.807) is 23.0 Å². The third kappa shape index (κ3) is 4.61. The fourth-order valence-corrected chi connectivity index (χ4v) is 4.92. The van der Waals surface area contributed by atoms with Crippen LogP contribution in [0.3, 0.4) is 0 Å². The molecule has 1 aromatic heterocycles. The SMILES string of the molecule is C#CCNC(=O)[C@@]1(Cc2ccccc2-c2cccnc2)CCN(C(=O)[C@H]2CC(=O)N(C)C2)C1. The highest BCUT2D eigenvalue weighted by atomic mass is 16.2. The highest BCUT2D eigenvalue weighted by Gasteiger charge is 2.48. The van der Waals surface area contributed by atoms with Gasteiger partial charge in [-0.15, -0.1) is 6.42 Å². The summed E-state index contributed by atoms with van der Waals surface area (Å²) in [5.74, 6) is 1.90. The number of nitrogens with zero attached hydrogens (tertiary/aromatic N) is 3. The summed E-state index contributed by atoms with van der Waals surface area (Å²) >= 11 is 0. The molecule has 2 atom stereocenters. The minimum atomic E-state index is -0.792. The number of terminal acetylenes is 1. The van der Waals surface area contributed by atoms with Gasteiger partial charge in [0.25, 0.3) is 0 Å². The third-order valence-corrected chi connectivity index (χ3v) is 6.71. The Morgan fingerprint density at radius 3 is 2.79 bits per heavy atom. The number of carbonyl (C=O) groups excluding carboxylic acids is 3. The maximum atomic E-state index is 13.4. The summed E-state index contributed by atoms with van der Waals surface area (Å²) in [6.07, 6.45) is 10.2. The molecule has 7 heteroatoms. The van der Waals surface area contributed by atoms with Crippen LogP contribution in [0.2, 0.25) is 0 Å². The second kappa shape index (κ2) is 9.45. The minimum Gasteiger partial charge on any atom is -0.345 e. The van der Waals surface area contributed by atoms with Crippen molar-refractivity contribution in [1.29, 1.82) is 0 Å². The van der Waals surface area contributed by atoms with E-state index in [4.69, 9.17) is 6.42 Å². The van der Waals surface area contributed by atoms with Gasteiger partial charge in [0.1, 0.15) is 0 Å². The van der Waals surface area contributed by atoms with Crippen LogP contribution >= 0.6 is 0 Å². The quantitative estimate of drug-likeness (QED) is 0.688. The van der Waals surface area contributed by atoms with Gasteiger partial charge in [0.05, 0.1) is 17.9 Å². The van der Waals surface area contributed by atoms with Gasteiger partial charge < -0.3 is 15.1 Å². The molecule has 0 aliphatic carbocycles. The number of hydrogen-bond donors (Lipinski definition) is 1. The van der Waals surface area contributed by atoms with Crippen molar-refractivity contribution in [3.05, 3.63) is 54.4 Å². The molecule has 2 fully saturated rings. The van der Waals surface area contributed by atoms with E-state index in [1.165, 1.54) is 0 Å². The molecule has 170 valence electrons. The zero-order chi connectivity index (χ0) is 23.4. The van der Waals surface area contributed by atoms with Crippen LogP contribution in [0.25, 0.3) is 11.1 Å². The zero-order valence-electron chi connectivity index (χ0n) is 18.8. The van der Waals surface area contributed by atoms with Crippen molar-refractivity contribution in [3.63, 3.8) is 0 Å². The zero-order valence-corrected chi connectivity index (χ0v) is 18.8. The van der Waals surface area contributed by atoms with Crippen LogP contribution in [0.15, 0.2) is 48.8 Å². The first-order valence-corrected chi connectivity index (χ1v) is 11.2. The molecule has 2 saturated heterocycles. The van der Waals surface area contributed by atoms with Crippen LogP contribution in [0.1, 0.15) is 18.4 Å². The molecule has 3 amide bonds. The average molecular weight is 445 g/mol. The maximum Gasteiger partial charge on any atom is 0.229 e. The molecule has 3 heterocycles. The van der Waals surface area contributed by atoms with Crippen LogP contribution < -0.4 is 5.32 Å². The molecule has 0 bridgehead atoms. The molecule has 2 aromatic rings. The fourth-order valence-electron chi connectivity index (χ4n) is 4.92. The molecular weight excluding hydrogens is 416 g/mol.